The van der Waals surface area contributed by atoms with Gasteiger partial charge in [-0.1, -0.05) is 0 Å². The number of nitro groups is 1. The largest absolute Gasteiger partial charge is 0.496 e. The van der Waals surface area contributed by atoms with E-state index in [-0.39, 0.29) is 22.6 Å². The van der Waals surface area contributed by atoms with Crippen molar-refractivity contribution in [3.05, 3.63) is 39.4 Å². The summed E-state index contributed by atoms with van der Waals surface area (Å²) in [6, 6.07) is 2.27. The molecular formula is C11H9NO6. The van der Waals surface area contributed by atoms with Crippen LogP contribution in [0.1, 0.15) is 15.9 Å². The van der Waals surface area contributed by atoms with Crippen molar-refractivity contribution in [1.29, 1.82) is 0 Å². The van der Waals surface area contributed by atoms with Crippen LogP contribution in [0.3, 0.4) is 0 Å². The van der Waals surface area contributed by atoms with Gasteiger partial charge < -0.3 is 9.84 Å². The smallest absolute Gasteiger partial charge is 0.328 e. The third kappa shape index (κ3) is 2.91. The molecule has 0 atom stereocenters. The van der Waals surface area contributed by atoms with E-state index in [0.29, 0.717) is 6.29 Å². The van der Waals surface area contributed by atoms with Gasteiger partial charge in [0.05, 0.1) is 23.2 Å². The van der Waals surface area contributed by atoms with Crippen LogP contribution in [0.25, 0.3) is 6.08 Å². The van der Waals surface area contributed by atoms with E-state index in [1.165, 1.54) is 13.2 Å². The van der Waals surface area contributed by atoms with Gasteiger partial charge >= 0.3 is 5.97 Å². The number of aldehydes is 1. The van der Waals surface area contributed by atoms with Gasteiger partial charge in [-0.25, -0.2) is 4.79 Å². The summed E-state index contributed by atoms with van der Waals surface area (Å²) < 4.78 is 4.88. The molecule has 0 radical (unpaired) electrons. The van der Waals surface area contributed by atoms with Crippen molar-refractivity contribution in [3.63, 3.8) is 0 Å². The van der Waals surface area contributed by atoms with Gasteiger partial charge in [0.15, 0.2) is 6.29 Å². The van der Waals surface area contributed by atoms with Gasteiger partial charge in [-0.3, -0.25) is 14.9 Å². The molecule has 1 N–H and O–H groups in total. The number of carbonyl (C=O) groups is 2. The summed E-state index contributed by atoms with van der Waals surface area (Å²) in [6.07, 6.45) is 2.26. The topological polar surface area (TPSA) is 107 Å². The lowest BCUT2D eigenvalue weighted by Crippen LogP contribution is -1.98. The van der Waals surface area contributed by atoms with Gasteiger partial charge in [-0.2, -0.15) is 0 Å². The first-order chi connectivity index (χ1) is 8.49. The van der Waals surface area contributed by atoms with Crippen LogP contribution in [0.2, 0.25) is 0 Å². The Balaban J connectivity index is 3.42. The number of carboxylic acid groups (broad SMARTS) is 1. The van der Waals surface area contributed by atoms with Crippen molar-refractivity contribution in [2.24, 2.45) is 0 Å². The molecule has 0 aliphatic rings. The van der Waals surface area contributed by atoms with E-state index in [4.69, 9.17) is 9.84 Å². The third-order valence-corrected chi connectivity index (χ3v) is 2.11. The Hall–Kier alpha value is -2.70. The van der Waals surface area contributed by atoms with Gasteiger partial charge in [0.1, 0.15) is 5.75 Å². The van der Waals surface area contributed by atoms with Crippen LogP contribution < -0.4 is 4.74 Å². The lowest BCUT2D eigenvalue weighted by Gasteiger charge is -2.05. The van der Waals surface area contributed by atoms with Crippen molar-refractivity contribution in [2.45, 2.75) is 0 Å². The number of hydrogen-bond donors (Lipinski definition) is 1. The Labute approximate surface area is 101 Å². The van der Waals surface area contributed by atoms with Crippen LogP contribution in [0.15, 0.2) is 18.2 Å². The molecule has 7 heteroatoms. The fraction of sp³-hybridized carbons (Fsp3) is 0.0909. The number of methoxy groups -OCH3 is 1. The summed E-state index contributed by atoms with van der Waals surface area (Å²) in [4.78, 5) is 31.2. The normalized spacial score (nSPS) is 10.3. The molecule has 1 aromatic carbocycles. The maximum atomic E-state index is 10.8. The van der Waals surface area contributed by atoms with Crippen molar-refractivity contribution in [2.75, 3.05) is 7.11 Å². The second-order valence-corrected chi connectivity index (χ2v) is 3.20. The number of aliphatic carboxylic acids is 1. The zero-order valence-electron chi connectivity index (χ0n) is 9.32. The number of carboxylic acids is 1. The maximum absolute atomic E-state index is 10.8. The molecule has 94 valence electrons. The Morgan fingerprint density at radius 3 is 2.56 bits per heavy atom. The molecular weight excluding hydrogens is 242 g/mol. The van der Waals surface area contributed by atoms with E-state index in [0.717, 1.165) is 18.2 Å². The van der Waals surface area contributed by atoms with E-state index in [2.05, 4.69) is 0 Å². The predicted octanol–water partition coefficient (Wildman–Crippen LogP) is 1.51. The molecule has 0 aliphatic heterocycles. The van der Waals surface area contributed by atoms with Gasteiger partial charge in [0.25, 0.3) is 5.69 Å². The van der Waals surface area contributed by atoms with Crippen molar-refractivity contribution >= 4 is 24.0 Å². The third-order valence-electron chi connectivity index (χ3n) is 2.11. The Bertz CT molecular complexity index is 535. The van der Waals surface area contributed by atoms with Crippen molar-refractivity contribution < 1.29 is 24.4 Å². The highest BCUT2D eigenvalue weighted by Crippen LogP contribution is 2.28. The molecule has 1 rings (SSSR count). The standard InChI is InChI=1S/C11H9NO6/c1-18-10-5-7(2-3-11(14)15)9(12(16)17)4-8(10)6-13/h2-6H,1H3,(H,14,15)/b3-2+. The monoisotopic (exact) mass is 251 g/mol. The number of carbonyl (C=O) groups excluding carboxylic acids is 1. The lowest BCUT2D eigenvalue weighted by molar-refractivity contribution is -0.385. The summed E-state index contributed by atoms with van der Waals surface area (Å²) >= 11 is 0. The average Bonchev–Trinajstić information content (AvgIpc) is 2.34. The molecule has 0 fully saturated rings. The number of rotatable bonds is 5. The van der Waals surface area contributed by atoms with Crippen molar-refractivity contribution in [1.82, 2.24) is 0 Å². The number of nitro benzene ring substituents is 1. The van der Waals surface area contributed by atoms with Crippen LogP contribution in [-0.4, -0.2) is 29.4 Å². The predicted molar refractivity (Wildman–Crippen MR) is 61.7 cm³/mol. The van der Waals surface area contributed by atoms with Crippen LogP contribution >= 0.6 is 0 Å². The fourth-order valence-electron chi connectivity index (χ4n) is 1.32. The molecule has 7 nitrogen and oxygen atoms in total. The molecule has 0 unspecified atom stereocenters. The molecule has 0 amide bonds. The zero-order chi connectivity index (χ0) is 13.7. The van der Waals surface area contributed by atoms with E-state index in [1.807, 2.05) is 0 Å². The Kier molecular flexibility index (Phi) is 4.14. The molecule has 0 saturated heterocycles. The highest BCUT2D eigenvalue weighted by Gasteiger charge is 2.17. The van der Waals surface area contributed by atoms with E-state index < -0.39 is 10.9 Å². The van der Waals surface area contributed by atoms with Crippen LogP contribution in [0.4, 0.5) is 5.69 Å². The summed E-state index contributed by atoms with van der Waals surface area (Å²) in [7, 11) is 1.30. The van der Waals surface area contributed by atoms with E-state index in [1.54, 1.807) is 0 Å². The van der Waals surface area contributed by atoms with Crippen molar-refractivity contribution in [3.8, 4) is 5.75 Å². The Morgan fingerprint density at radius 1 is 1.44 bits per heavy atom. The molecule has 0 heterocycles. The molecule has 18 heavy (non-hydrogen) atoms. The SMILES string of the molecule is COc1cc(/C=C/C(=O)O)c([N+](=O)[O-])cc1C=O. The highest BCUT2D eigenvalue weighted by atomic mass is 16.6. The number of hydrogen-bond acceptors (Lipinski definition) is 5. The fourth-order valence-corrected chi connectivity index (χ4v) is 1.32. The number of benzene rings is 1. The maximum Gasteiger partial charge on any atom is 0.328 e. The average molecular weight is 251 g/mol. The summed E-state index contributed by atoms with van der Waals surface area (Å²) in [5.74, 6) is -1.09. The molecule has 0 aromatic heterocycles. The van der Waals surface area contributed by atoms with Crippen LogP contribution in [-0.2, 0) is 4.79 Å². The van der Waals surface area contributed by atoms with Gasteiger partial charge in [-0.15, -0.1) is 0 Å². The molecule has 0 saturated carbocycles. The first-order valence-electron chi connectivity index (χ1n) is 4.72. The van der Waals surface area contributed by atoms with E-state index >= 15 is 0 Å². The second kappa shape index (κ2) is 5.58. The summed E-state index contributed by atoms with van der Waals surface area (Å²) in [5.41, 5.74) is -0.295. The number of nitrogens with zero attached hydrogens (tertiary/aromatic N) is 1. The Morgan fingerprint density at radius 2 is 2.11 bits per heavy atom. The highest BCUT2D eigenvalue weighted by molar-refractivity contribution is 5.88. The van der Waals surface area contributed by atoms with E-state index in [9.17, 15) is 19.7 Å². The van der Waals surface area contributed by atoms with Crippen LogP contribution in [0, 0.1) is 10.1 Å². The number of ether oxygens (including phenoxy) is 1. The lowest BCUT2D eigenvalue weighted by atomic mass is 10.1. The van der Waals surface area contributed by atoms with Crippen LogP contribution in [0.5, 0.6) is 5.75 Å². The van der Waals surface area contributed by atoms with Gasteiger partial charge in [0, 0.05) is 12.1 Å². The minimum atomic E-state index is -1.23. The van der Waals surface area contributed by atoms with Gasteiger partial charge in [-0.05, 0) is 12.1 Å². The minimum absolute atomic E-state index is 0.0247. The quantitative estimate of drug-likeness (QED) is 0.368. The summed E-state index contributed by atoms with van der Waals surface area (Å²) in [5, 5.41) is 19.3. The molecule has 0 spiro atoms. The van der Waals surface area contributed by atoms with Gasteiger partial charge in [0.2, 0.25) is 0 Å². The zero-order valence-corrected chi connectivity index (χ0v) is 9.32. The second-order valence-electron chi connectivity index (χ2n) is 3.20. The first-order valence-corrected chi connectivity index (χ1v) is 4.72. The molecule has 0 aliphatic carbocycles. The first kappa shape index (κ1) is 13.4. The molecule has 1 aromatic rings. The minimum Gasteiger partial charge on any atom is -0.496 e. The molecule has 0 bridgehead atoms. The summed E-state index contributed by atoms with van der Waals surface area (Å²) in [6.45, 7) is 0.